The highest BCUT2D eigenvalue weighted by atomic mass is 32.2. The number of nitrogens with one attached hydrogen (secondary N) is 1. The van der Waals surface area contributed by atoms with E-state index >= 15 is 0 Å². The Morgan fingerprint density at radius 1 is 1.60 bits per heavy atom. The molecule has 2 heterocycles. The molecule has 1 atom stereocenters. The minimum absolute atomic E-state index is 0.757. The van der Waals surface area contributed by atoms with E-state index in [1.807, 2.05) is 11.8 Å². The zero-order valence-electron chi connectivity index (χ0n) is 9.16. The van der Waals surface area contributed by atoms with Crippen molar-refractivity contribution < 1.29 is 0 Å². The van der Waals surface area contributed by atoms with Crippen molar-refractivity contribution in [2.75, 3.05) is 12.3 Å². The van der Waals surface area contributed by atoms with Gasteiger partial charge in [0.25, 0.3) is 0 Å². The highest BCUT2D eigenvalue weighted by Crippen LogP contribution is 2.24. The third kappa shape index (κ3) is 3.78. The Labute approximate surface area is 99.9 Å². The van der Waals surface area contributed by atoms with E-state index in [-0.39, 0.29) is 0 Å². The van der Waals surface area contributed by atoms with Crippen molar-refractivity contribution in [3.8, 4) is 0 Å². The fourth-order valence-corrected chi connectivity index (χ4v) is 3.83. The molecule has 2 nitrogen and oxygen atoms in total. The highest BCUT2D eigenvalue weighted by Gasteiger charge is 2.12. The lowest BCUT2D eigenvalue weighted by molar-refractivity contribution is 0.395. The van der Waals surface area contributed by atoms with E-state index in [1.165, 1.54) is 42.3 Å². The molecule has 0 saturated carbocycles. The van der Waals surface area contributed by atoms with Crippen LogP contribution in [0.5, 0.6) is 0 Å². The van der Waals surface area contributed by atoms with Crippen molar-refractivity contribution in [1.82, 2.24) is 10.3 Å². The van der Waals surface area contributed by atoms with Crippen LogP contribution in [0.4, 0.5) is 0 Å². The highest BCUT2D eigenvalue weighted by molar-refractivity contribution is 8.01. The first-order valence-corrected chi connectivity index (χ1v) is 7.49. The van der Waals surface area contributed by atoms with E-state index in [4.69, 9.17) is 0 Å². The Morgan fingerprint density at radius 2 is 2.53 bits per heavy atom. The summed E-state index contributed by atoms with van der Waals surface area (Å²) in [6, 6.07) is 0.757. The molecule has 0 spiro atoms. The van der Waals surface area contributed by atoms with Gasteiger partial charge in [0, 0.05) is 22.9 Å². The van der Waals surface area contributed by atoms with Crippen molar-refractivity contribution in [1.29, 1.82) is 0 Å². The molecular formula is C11H18N2S2. The molecule has 84 valence electrons. The van der Waals surface area contributed by atoms with Crippen molar-refractivity contribution in [2.24, 2.45) is 0 Å². The summed E-state index contributed by atoms with van der Waals surface area (Å²) < 4.78 is 1.23. The van der Waals surface area contributed by atoms with Gasteiger partial charge in [-0.3, -0.25) is 0 Å². The van der Waals surface area contributed by atoms with Crippen LogP contribution in [0.25, 0.3) is 0 Å². The number of piperidine rings is 1. The monoisotopic (exact) mass is 242 g/mol. The van der Waals surface area contributed by atoms with Crippen LogP contribution in [-0.2, 0) is 0 Å². The first-order chi connectivity index (χ1) is 7.34. The largest absolute Gasteiger partial charge is 0.314 e. The normalized spacial score (nSPS) is 21.8. The summed E-state index contributed by atoms with van der Waals surface area (Å²) in [6.07, 6.45) is 5.40. The average Bonchev–Trinajstić information content (AvgIpc) is 2.66. The minimum Gasteiger partial charge on any atom is -0.314 e. The molecule has 2 rings (SSSR count). The summed E-state index contributed by atoms with van der Waals surface area (Å²) in [7, 11) is 0. The number of thiazole rings is 1. The molecule has 0 aliphatic carbocycles. The van der Waals surface area contributed by atoms with Gasteiger partial charge >= 0.3 is 0 Å². The van der Waals surface area contributed by atoms with Crippen LogP contribution < -0.4 is 5.32 Å². The Morgan fingerprint density at radius 3 is 3.20 bits per heavy atom. The van der Waals surface area contributed by atoms with Gasteiger partial charge in [-0.2, -0.15) is 0 Å². The molecule has 1 aliphatic rings. The molecule has 1 aromatic rings. The summed E-state index contributed by atoms with van der Waals surface area (Å²) in [5, 5.41) is 5.71. The lowest BCUT2D eigenvalue weighted by atomic mass is 10.0. The number of nitrogens with zero attached hydrogens (tertiary/aromatic N) is 1. The summed E-state index contributed by atoms with van der Waals surface area (Å²) in [6.45, 7) is 3.27. The smallest absolute Gasteiger partial charge is 0.150 e. The van der Waals surface area contributed by atoms with E-state index in [2.05, 4.69) is 22.6 Å². The van der Waals surface area contributed by atoms with Crippen molar-refractivity contribution in [3.63, 3.8) is 0 Å². The number of rotatable bonds is 4. The standard InChI is InChI=1S/C11H18N2S2/c1-9-8-15-11(13-9)14-7-5-10-4-2-3-6-12-10/h8,10,12H,2-7H2,1H3/t10-/m1/s1. The van der Waals surface area contributed by atoms with Gasteiger partial charge in [0.1, 0.15) is 4.34 Å². The molecule has 1 fully saturated rings. The second kappa shape index (κ2) is 5.87. The quantitative estimate of drug-likeness (QED) is 0.821. The molecule has 1 saturated heterocycles. The molecule has 4 heteroatoms. The van der Waals surface area contributed by atoms with Gasteiger partial charge in [-0.15, -0.1) is 11.3 Å². The first-order valence-electron chi connectivity index (χ1n) is 5.63. The van der Waals surface area contributed by atoms with Gasteiger partial charge in [0.05, 0.1) is 0 Å². The van der Waals surface area contributed by atoms with Gasteiger partial charge in [0.2, 0.25) is 0 Å². The number of hydrogen-bond donors (Lipinski definition) is 1. The number of thioether (sulfide) groups is 1. The molecule has 1 aromatic heterocycles. The topological polar surface area (TPSA) is 24.9 Å². The molecule has 1 N–H and O–H groups in total. The summed E-state index contributed by atoms with van der Waals surface area (Å²) >= 11 is 3.67. The predicted molar refractivity (Wildman–Crippen MR) is 67.8 cm³/mol. The molecule has 0 radical (unpaired) electrons. The molecule has 1 aliphatic heterocycles. The molecule has 0 unspecified atom stereocenters. The maximum Gasteiger partial charge on any atom is 0.150 e. The van der Waals surface area contributed by atoms with Crippen LogP contribution in [0.15, 0.2) is 9.72 Å². The van der Waals surface area contributed by atoms with Crippen molar-refractivity contribution in [2.45, 2.75) is 43.0 Å². The number of aryl methyl sites for hydroxylation is 1. The zero-order chi connectivity index (χ0) is 10.5. The van der Waals surface area contributed by atoms with Crippen LogP contribution in [0.1, 0.15) is 31.4 Å². The Balaban J connectivity index is 1.65. The Bertz CT molecular complexity index is 293. The SMILES string of the molecule is Cc1csc(SCC[C@H]2CCCCN2)n1. The summed E-state index contributed by atoms with van der Waals surface area (Å²) in [5.41, 5.74) is 1.15. The van der Waals surface area contributed by atoms with E-state index in [1.54, 1.807) is 11.3 Å². The molecule has 0 bridgehead atoms. The number of aromatic nitrogens is 1. The lowest BCUT2D eigenvalue weighted by Gasteiger charge is -2.22. The van der Waals surface area contributed by atoms with E-state index in [0.29, 0.717) is 0 Å². The van der Waals surface area contributed by atoms with Crippen LogP contribution in [0, 0.1) is 6.92 Å². The Hall–Kier alpha value is -0.0600. The number of hydrogen-bond acceptors (Lipinski definition) is 4. The third-order valence-corrected chi connectivity index (χ3v) is 4.87. The third-order valence-electron chi connectivity index (χ3n) is 2.70. The van der Waals surface area contributed by atoms with E-state index in [9.17, 15) is 0 Å². The van der Waals surface area contributed by atoms with Gasteiger partial charge in [-0.1, -0.05) is 18.2 Å². The lowest BCUT2D eigenvalue weighted by Crippen LogP contribution is -2.34. The average molecular weight is 242 g/mol. The van der Waals surface area contributed by atoms with Crippen LogP contribution in [0.3, 0.4) is 0 Å². The van der Waals surface area contributed by atoms with Gasteiger partial charge in [-0.05, 0) is 32.7 Å². The Kier molecular flexibility index (Phi) is 4.47. The summed E-state index contributed by atoms with van der Waals surface area (Å²) in [5.74, 6) is 1.20. The second-order valence-electron chi connectivity index (χ2n) is 4.04. The first kappa shape index (κ1) is 11.4. The van der Waals surface area contributed by atoms with Crippen molar-refractivity contribution >= 4 is 23.1 Å². The zero-order valence-corrected chi connectivity index (χ0v) is 10.8. The molecule has 0 aromatic carbocycles. The molecule has 15 heavy (non-hydrogen) atoms. The fourth-order valence-electron chi connectivity index (χ4n) is 1.86. The maximum absolute atomic E-state index is 4.45. The predicted octanol–water partition coefficient (Wildman–Crippen LogP) is 3.08. The van der Waals surface area contributed by atoms with Crippen LogP contribution >= 0.6 is 23.1 Å². The van der Waals surface area contributed by atoms with E-state index in [0.717, 1.165) is 11.7 Å². The van der Waals surface area contributed by atoms with Crippen LogP contribution in [-0.4, -0.2) is 23.3 Å². The minimum atomic E-state index is 0.757. The maximum atomic E-state index is 4.45. The summed E-state index contributed by atoms with van der Waals surface area (Å²) in [4.78, 5) is 4.45. The van der Waals surface area contributed by atoms with Gasteiger partial charge in [0.15, 0.2) is 0 Å². The van der Waals surface area contributed by atoms with Gasteiger partial charge < -0.3 is 5.32 Å². The fraction of sp³-hybridized carbons (Fsp3) is 0.727. The molecular weight excluding hydrogens is 224 g/mol. The molecule has 0 amide bonds. The van der Waals surface area contributed by atoms with Crippen molar-refractivity contribution in [3.05, 3.63) is 11.1 Å². The van der Waals surface area contributed by atoms with E-state index < -0.39 is 0 Å². The van der Waals surface area contributed by atoms with Crippen LogP contribution in [0.2, 0.25) is 0 Å². The second-order valence-corrected chi connectivity index (χ2v) is 6.24. The van der Waals surface area contributed by atoms with Gasteiger partial charge in [-0.25, -0.2) is 4.98 Å².